The average Bonchev–Trinajstić information content (AvgIpc) is 2.60. The highest BCUT2D eigenvalue weighted by Crippen LogP contribution is 2.17. The van der Waals surface area contributed by atoms with Crippen molar-refractivity contribution in [3.8, 4) is 6.07 Å². The van der Waals surface area contributed by atoms with Crippen molar-refractivity contribution in [1.82, 2.24) is 5.32 Å². The zero-order valence-electron chi connectivity index (χ0n) is 14.8. The summed E-state index contributed by atoms with van der Waals surface area (Å²) < 4.78 is 0. The van der Waals surface area contributed by atoms with Crippen LogP contribution in [0.1, 0.15) is 36.5 Å². The number of nitriles is 1. The Hall–Kier alpha value is -3.06. The molecule has 4 nitrogen and oxygen atoms in total. The van der Waals surface area contributed by atoms with Crippen LogP contribution in [0.4, 0.5) is 5.69 Å². The van der Waals surface area contributed by atoms with Crippen molar-refractivity contribution in [2.75, 3.05) is 5.32 Å². The van der Waals surface area contributed by atoms with Crippen molar-refractivity contribution in [2.24, 2.45) is 0 Å². The maximum Gasteiger partial charge on any atom is 0.267 e. The van der Waals surface area contributed by atoms with Gasteiger partial charge in [0.2, 0.25) is 0 Å². The number of benzene rings is 2. The molecule has 0 heterocycles. The summed E-state index contributed by atoms with van der Waals surface area (Å²) in [7, 11) is 0. The first-order chi connectivity index (χ1) is 12.0. The van der Waals surface area contributed by atoms with Gasteiger partial charge in [0.25, 0.3) is 5.91 Å². The van der Waals surface area contributed by atoms with E-state index in [1.807, 2.05) is 61.5 Å². The quantitative estimate of drug-likeness (QED) is 0.613. The third-order valence-electron chi connectivity index (χ3n) is 4.00. The maximum absolute atomic E-state index is 12.2. The lowest BCUT2D eigenvalue weighted by molar-refractivity contribution is -0.112. The van der Waals surface area contributed by atoms with Crippen LogP contribution in [-0.4, -0.2) is 5.91 Å². The Morgan fingerprint density at radius 2 is 1.84 bits per heavy atom. The maximum atomic E-state index is 12.2. The zero-order valence-corrected chi connectivity index (χ0v) is 14.8. The van der Waals surface area contributed by atoms with E-state index in [0.29, 0.717) is 18.2 Å². The van der Waals surface area contributed by atoms with Gasteiger partial charge in [0.15, 0.2) is 0 Å². The van der Waals surface area contributed by atoms with Gasteiger partial charge in [-0.05, 0) is 41.7 Å². The van der Waals surface area contributed by atoms with Crippen LogP contribution in [0.3, 0.4) is 0 Å². The fourth-order valence-electron chi connectivity index (χ4n) is 2.37. The SMILES string of the molecule is Cc1ccccc1CN/C=C(/C#N)C(=O)Nc1ccc(C(C)C)cc1. The van der Waals surface area contributed by atoms with E-state index in [4.69, 9.17) is 0 Å². The van der Waals surface area contributed by atoms with Crippen molar-refractivity contribution in [1.29, 1.82) is 5.26 Å². The van der Waals surface area contributed by atoms with Gasteiger partial charge in [-0.2, -0.15) is 5.26 Å². The first-order valence-corrected chi connectivity index (χ1v) is 8.30. The molecule has 0 aliphatic rings. The monoisotopic (exact) mass is 333 g/mol. The number of amides is 1. The summed E-state index contributed by atoms with van der Waals surface area (Å²) in [4.78, 5) is 12.2. The van der Waals surface area contributed by atoms with E-state index in [2.05, 4.69) is 24.5 Å². The molecule has 1 amide bonds. The lowest BCUT2D eigenvalue weighted by Gasteiger charge is -2.09. The Bertz CT molecular complexity index is 799. The first-order valence-electron chi connectivity index (χ1n) is 8.30. The summed E-state index contributed by atoms with van der Waals surface area (Å²) in [5.41, 5.74) is 4.21. The second kappa shape index (κ2) is 8.70. The molecular weight excluding hydrogens is 310 g/mol. The van der Waals surface area contributed by atoms with Crippen molar-refractivity contribution in [3.05, 3.63) is 77.0 Å². The molecule has 2 aromatic rings. The van der Waals surface area contributed by atoms with Crippen LogP contribution in [0.2, 0.25) is 0 Å². The van der Waals surface area contributed by atoms with Crippen molar-refractivity contribution in [3.63, 3.8) is 0 Å². The standard InChI is InChI=1S/C21H23N3O/c1-15(2)17-8-10-20(11-9-17)24-21(25)19(12-22)14-23-13-18-7-5-4-6-16(18)3/h4-11,14-15,23H,13H2,1-3H3,(H,24,25)/b19-14-. The summed E-state index contributed by atoms with van der Waals surface area (Å²) in [6, 6.07) is 17.6. The van der Waals surface area contributed by atoms with E-state index in [1.165, 1.54) is 11.8 Å². The topological polar surface area (TPSA) is 64.9 Å². The minimum Gasteiger partial charge on any atom is -0.386 e. The van der Waals surface area contributed by atoms with E-state index in [-0.39, 0.29) is 5.57 Å². The minimum absolute atomic E-state index is 0.0431. The molecule has 0 aliphatic carbocycles. The largest absolute Gasteiger partial charge is 0.386 e. The fourth-order valence-corrected chi connectivity index (χ4v) is 2.37. The van der Waals surface area contributed by atoms with Gasteiger partial charge in [0, 0.05) is 18.4 Å². The normalized spacial score (nSPS) is 11.1. The molecule has 0 aliphatic heterocycles. The van der Waals surface area contributed by atoms with Crippen LogP contribution >= 0.6 is 0 Å². The highest BCUT2D eigenvalue weighted by atomic mass is 16.1. The molecule has 2 N–H and O–H groups in total. The Balaban J connectivity index is 1.98. The lowest BCUT2D eigenvalue weighted by atomic mass is 10.0. The smallest absolute Gasteiger partial charge is 0.267 e. The number of nitrogens with one attached hydrogen (secondary N) is 2. The van der Waals surface area contributed by atoms with E-state index >= 15 is 0 Å². The second-order valence-electron chi connectivity index (χ2n) is 6.21. The van der Waals surface area contributed by atoms with Crippen molar-refractivity contribution >= 4 is 11.6 Å². The van der Waals surface area contributed by atoms with Gasteiger partial charge in [-0.15, -0.1) is 0 Å². The summed E-state index contributed by atoms with van der Waals surface area (Å²) in [6.45, 7) is 6.82. The van der Waals surface area contributed by atoms with Crippen LogP contribution < -0.4 is 10.6 Å². The van der Waals surface area contributed by atoms with Gasteiger partial charge >= 0.3 is 0 Å². The van der Waals surface area contributed by atoms with Gasteiger partial charge in [0.05, 0.1) is 0 Å². The van der Waals surface area contributed by atoms with E-state index in [9.17, 15) is 10.1 Å². The second-order valence-corrected chi connectivity index (χ2v) is 6.21. The number of hydrogen-bond donors (Lipinski definition) is 2. The molecule has 2 rings (SSSR count). The number of hydrogen-bond acceptors (Lipinski definition) is 3. The average molecular weight is 333 g/mol. The molecule has 0 fully saturated rings. The van der Waals surface area contributed by atoms with Gasteiger partial charge in [-0.3, -0.25) is 4.79 Å². The van der Waals surface area contributed by atoms with Gasteiger partial charge in [-0.1, -0.05) is 50.2 Å². The molecule has 0 bridgehead atoms. The van der Waals surface area contributed by atoms with Crippen LogP contribution in [0.5, 0.6) is 0 Å². The lowest BCUT2D eigenvalue weighted by Crippen LogP contribution is -2.16. The molecular formula is C21H23N3O. The molecule has 0 aromatic heterocycles. The molecule has 128 valence electrons. The highest BCUT2D eigenvalue weighted by molar-refractivity contribution is 6.06. The summed E-state index contributed by atoms with van der Waals surface area (Å²) in [5.74, 6) is 0.0158. The van der Waals surface area contributed by atoms with Crippen LogP contribution in [0.15, 0.2) is 60.3 Å². The Kier molecular flexibility index (Phi) is 6.36. The molecule has 0 spiro atoms. The van der Waals surface area contributed by atoms with Gasteiger partial charge in [-0.25, -0.2) is 0 Å². The van der Waals surface area contributed by atoms with Crippen molar-refractivity contribution in [2.45, 2.75) is 33.2 Å². The minimum atomic E-state index is -0.419. The van der Waals surface area contributed by atoms with Crippen LogP contribution in [0, 0.1) is 18.3 Å². The number of rotatable bonds is 6. The number of carbonyl (C=O) groups excluding carboxylic acids is 1. The van der Waals surface area contributed by atoms with Crippen molar-refractivity contribution < 1.29 is 4.79 Å². The van der Waals surface area contributed by atoms with Crippen LogP contribution in [0.25, 0.3) is 0 Å². The van der Waals surface area contributed by atoms with Crippen LogP contribution in [-0.2, 0) is 11.3 Å². The summed E-state index contributed by atoms with van der Waals surface area (Å²) >= 11 is 0. The number of nitrogens with zero attached hydrogens (tertiary/aromatic N) is 1. The summed E-state index contributed by atoms with van der Waals surface area (Å²) in [6.07, 6.45) is 1.46. The molecule has 2 aromatic carbocycles. The fraction of sp³-hybridized carbons (Fsp3) is 0.238. The molecule has 25 heavy (non-hydrogen) atoms. The number of aryl methyl sites for hydroxylation is 1. The van der Waals surface area contributed by atoms with E-state index in [1.54, 1.807) is 0 Å². The molecule has 0 saturated heterocycles. The number of anilines is 1. The molecule has 0 radical (unpaired) electrons. The molecule has 0 atom stereocenters. The summed E-state index contributed by atoms with van der Waals surface area (Å²) in [5, 5.41) is 15.0. The third-order valence-corrected chi connectivity index (χ3v) is 4.00. The van der Waals surface area contributed by atoms with Gasteiger partial charge < -0.3 is 10.6 Å². The van der Waals surface area contributed by atoms with Gasteiger partial charge in [0.1, 0.15) is 11.6 Å². The van der Waals surface area contributed by atoms with E-state index < -0.39 is 5.91 Å². The van der Waals surface area contributed by atoms with E-state index in [0.717, 1.165) is 11.1 Å². The molecule has 4 heteroatoms. The zero-order chi connectivity index (χ0) is 18.2. The third kappa shape index (κ3) is 5.22. The Morgan fingerprint density at radius 3 is 2.44 bits per heavy atom. The highest BCUT2D eigenvalue weighted by Gasteiger charge is 2.09. The Morgan fingerprint density at radius 1 is 1.16 bits per heavy atom. The Labute approximate surface area is 149 Å². The molecule has 0 unspecified atom stereocenters. The number of carbonyl (C=O) groups is 1. The first kappa shape index (κ1) is 18.3. The molecule has 0 saturated carbocycles. The predicted molar refractivity (Wildman–Crippen MR) is 101 cm³/mol. The predicted octanol–water partition coefficient (Wildman–Crippen LogP) is 4.25.